The third kappa shape index (κ3) is 1.80. The third-order valence-electron chi connectivity index (χ3n) is 3.82. The molecule has 0 aromatic heterocycles. The lowest BCUT2D eigenvalue weighted by Gasteiger charge is -2.39. The number of hydrogen-bond acceptors (Lipinski definition) is 1. The van der Waals surface area contributed by atoms with Crippen molar-refractivity contribution in [3.05, 3.63) is 22.8 Å². The lowest BCUT2D eigenvalue weighted by Crippen LogP contribution is -2.26. The molecule has 0 spiro atoms. The Bertz CT molecular complexity index is 344. The van der Waals surface area contributed by atoms with Gasteiger partial charge in [0.25, 0.3) is 0 Å². The molecule has 2 aliphatic carbocycles. The maximum Gasteiger partial charge on any atom is 0.127 e. The monoisotopic (exact) mass is 204 g/mol. The Morgan fingerprint density at radius 1 is 1.47 bits per heavy atom. The highest BCUT2D eigenvalue weighted by Crippen LogP contribution is 2.47. The van der Waals surface area contributed by atoms with Gasteiger partial charge < -0.3 is 4.79 Å². The fraction of sp³-hybridized carbons (Fsp3) is 0.643. The van der Waals surface area contributed by atoms with Crippen LogP contribution in [0.15, 0.2) is 22.8 Å². The van der Waals surface area contributed by atoms with Gasteiger partial charge in [-0.05, 0) is 49.2 Å². The van der Waals surface area contributed by atoms with E-state index in [4.69, 9.17) is 0 Å². The van der Waals surface area contributed by atoms with Gasteiger partial charge in [-0.1, -0.05) is 25.5 Å². The largest absolute Gasteiger partial charge is 0.303 e. The Kier molecular flexibility index (Phi) is 2.57. The summed E-state index contributed by atoms with van der Waals surface area (Å²) >= 11 is 0. The van der Waals surface area contributed by atoms with Crippen LogP contribution >= 0.6 is 0 Å². The number of carbonyl (C=O) groups is 1. The molecule has 0 aliphatic heterocycles. The van der Waals surface area contributed by atoms with Gasteiger partial charge >= 0.3 is 0 Å². The molecular weight excluding hydrogens is 184 g/mol. The van der Waals surface area contributed by atoms with Gasteiger partial charge in [-0.2, -0.15) is 0 Å². The molecule has 0 saturated heterocycles. The van der Waals surface area contributed by atoms with Gasteiger partial charge in [-0.25, -0.2) is 0 Å². The quantitative estimate of drug-likeness (QED) is 0.627. The summed E-state index contributed by atoms with van der Waals surface area (Å²) in [5, 5.41) is 0. The van der Waals surface area contributed by atoms with E-state index >= 15 is 0 Å². The molecule has 2 rings (SSSR count). The van der Waals surface area contributed by atoms with Crippen molar-refractivity contribution >= 4 is 6.29 Å². The van der Waals surface area contributed by atoms with Crippen LogP contribution in [0.2, 0.25) is 0 Å². The average Bonchev–Trinajstić information content (AvgIpc) is 2.07. The van der Waals surface area contributed by atoms with Gasteiger partial charge in [0.1, 0.15) is 6.29 Å². The van der Waals surface area contributed by atoms with Crippen LogP contribution in [0.4, 0.5) is 0 Å². The van der Waals surface area contributed by atoms with Gasteiger partial charge in [0.05, 0.1) is 0 Å². The zero-order chi connectivity index (χ0) is 11.1. The van der Waals surface area contributed by atoms with E-state index in [2.05, 4.69) is 26.8 Å². The SMILES string of the molecule is CC1=C(C2=CC(C=O)C2)C(C)(C)CCC1. The van der Waals surface area contributed by atoms with Crippen LogP contribution in [0.5, 0.6) is 0 Å². The molecule has 0 amide bonds. The second kappa shape index (κ2) is 3.62. The molecule has 0 aromatic carbocycles. The fourth-order valence-electron chi connectivity index (χ4n) is 3.08. The second-order valence-corrected chi connectivity index (χ2v) is 5.59. The molecule has 1 nitrogen and oxygen atoms in total. The Hall–Kier alpha value is -0.850. The average molecular weight is 204 g/mol. The van der Waals surface area contributed by atoms with Crippen LogP contribution in [0.1, 0.15) is 46.5 Å². The number of hydrogen-bond donors (Lipinski definition) is 0. The maximum atomic E-state index is 10.6. The van der Waals surface area contributed by atoms with E-state index in [-0.39, 0.29) is 5.92 Å². The first kappa shape index (κ1) is 10.7. The molecule has 0 aromatic rings. The predicted molar refractivity (Wildman–Crippen MR) is 62.6 cm³/mol. The van der Waals surface area contributed by atoms with Gasteiger partial charge in [-0.3, -0.25) is 0 Å². The van der Waals surface area contributed by atoms with E-state index < -0.39 is 0 Å². The van der Waals surface area contributed by atoms with Gasteiger partial charge in [0.15, 0.2) is 0 Å². The Morgan fingerprint density at radius 2 is 2.13 bits per heavy atom. The lowest BCUT2D eigenvalue weighted by molar-refractivity contribution is -0.110. The summed E-state index contributed by atoms with van der Waals surface area (Å²) in [6, 6.07) is 0. The first-order valence-electron chi connectivity index (χ1n) is 5.91. The summed E-state index contributed by atoms with van der Waals surface area (Å²) in [4.78, 5) is 10.6. The van der Waals surface area contributed by atoms with Crippen molar-refractivity contribution in [3.63, 3.8) is 0 Å². The van der Waals surface area contributed by atoms with Crippen molar-refractivity contribution in [3.8, 4) is 0 Å². The van der Waals surface area contributed by atoms with E-state index in [9.17, 15) is 4.79 Å². The standard InChI is InChI=1S/C14H20O/c1-10-5-4-6-14(2,3)13(10)12-7-11(8-12)9-15/h7,9,11H,4-6,8H2,1-3H3. The molecule has 15 heavy (non-hydrogen) atoms. The molecular formula is C14H20O. The van der Waals surface area contributed by atoms with Gasteiger partial charge in [0, 0.05) is 5.92 Å². The normalized spacial score (nSPS) is 29.5. The van der Waals surface area contributed by atoms with Gasteiger partial charge in [0.2, 0.25) is 0 Å². The Balaban J connectivity index is 2.30. The number of carbonyl (C=O) groups excluding carboxylic acids is 1. The Morgan fingerprint density at radius 3 is 2.67 bits per heavy atom. The van der Waals surface area contributed by atoms with Crippen molar-refractivity contribution in [2.75, 3.05) is 0 Å². The van der Waals surface area contributed by atoms with Gasteiger partial charge in [-0.15, -0.1) is 0 Å². The first-order chi connectivity index (χ1) is 7.04. The maximum absolute atomic E-state index is 10.6. The lowest BCUT2D eigenvalue weighted by atomic mass is 9.66. The van der Waals surface area contributed by atoms with Crippen LogP contribution in [-0.4, -0.2) is 6.29 Å². The molecule has 1 unspecified atom stereocenters. The highest BCUT2D eigenvalue weighted by Gasteiger charge is 2.34. The zero-order valence-electron chi connectivity index (χ0n) is 9.97. The number of rotatable bonds is 2. The van der Waals surface area contributed by atoms with E-state index in [1.165, 1.54) is 24.8 Å². The summed E-state index contributed by atoms with van der Waals surface area (Å²) in [6.07, 6.45) is 8.02. The fourth-order valence-corrected chi connectivity index (χ4v) is 3.08. The molecule has 0 saturated carbocycles. The molecule has 0 fully saturated rings. The molecule has 2 aliphatic rings. The van der Waals surface area contributed by atoms with E-state index in [0.717, 1.165) is 12.7 Å². The smallest absolute Gasteiger partial charge is 0.127 e. The van der Waals surface area contributed by atoms with Crippen LogP contribution < -0.4 is 0 Å². The van der Waals surface area contributed by atoms with Crippen LogP contribution in [0.3, 0.4) is 0 Å². The van der Waals surface area contributed by atoms with Crippen molar-refractivity contribution in [2.45, 2.75) is 46.5 Å². The minimum atomic E-state index is 0.193. The molecule has 0 bridgehead atoms. The summed E-state index contributed by atoms with van der Waals surface area (Å²) < 4.78 is 0. The summed E-state index contributed by atoms with van der Waals surface area (Å²) in [6.45, 7) is 6.92. The summed E-state index contributed by atoms with van der Waals surface area (Å²) in [5.41, 5.74) is 4.85. The second-order valence-electron chi connectivity index (χ2n) is 5.59. The predicted octanol–water partition coefficient (Wildman–Crippen LogP) is 3.66. The van der Waals surface area contributed by atoms with Crippen molar-refractivity contribution in [1.82, 2.24) is 0 Å². The highest BCUT2D eigenvalue weighted by molar-refractivity contribution is 5.64. The number of aldehydes is 1. The minimum absolute atomic E-state index is 0.193. The summed E-state index contributed by atoms with van der Waals surface area (Å²) in [7, 11) is 0. The Labute approximate surface area is 92.3 Å². The molecule has 82 valence electrons. The third-order valence-corrected chi connectivity index (χ3v) is 3.82. The molecule has 0 N–H and O–H groups in total. The zero-order valence-corrected chi connectivity index (χ0v) is 9.97. The minimum Gasteiger partial charge on any atom is -0.303 e. The van der Waals surface area contributed by atoms with E-state index in [0.29, 0.717) is 5.41 Å². The molecule has 1 heteroatoms. The van der Waals surface area contributed by atoms with E-state index in [1.54, 1.807) is 11.1 Å². The number of allylic oxidation sites excluding steroid dienone is 4. The van der Waals surface area contributed by atoms with Crippen molar-refractivity contribution in [1.29, 1.82) is 0 Å². The van der Waals surface area contributed by atoms with Crippen molar-refractivity contribution in [2.24, 2.45) is 11.3 Å². The molecule has 0 radical (unpaired) electrons. The van der Waals surface area contributed by atoms with Crippen molar-refractivity contribution < 1.29 is 4.79 Å². The van der Waals surface area contributed by atoms with Crippen LogP contribution in [-0.2, 0) is 4.79 Å². The molecule has 1 atom stereocenters. The van der Waals surface area contributed by atoms with Crippen LogP contribution in [0, 0.1) is 11.3 Å². The summed E-state index contributed by atoms with van der Waals surface area (Å²) in [5.74, 6) is 0.193. The van der Waals surface area contributed by atoms with E-state index in [1.807, 2.05) is 0 Å². The highest BCUT2D eigenvalue weighted by atomic mass is 16.1. The topological polar surface area (TPSA) is 17.1 Å². The van der Waals surface area contributed by atoms with Crippen LogP contribution in [0.25, 0.3) is 0 Å². The first-order valence-corrected chi connectivity index (χ1v) is 5.91. The molecule has 0 heterocycles.